The number of unbranched alkanes of at least 4 members (excludes halogenated alkanes) is 3. The lowest BCUT2D eigenvalue weighted by molar-refractivity contribution is -0.144. The molecular weight excluding hydrogens is 280 g/mol. The number of carbonyl (C=O) groups excluding carboxylic acids is 3. The molecule has 0 radical (unpaired) electrons. The van der Waals surface area contributed by atoms with Crippen LogP contribution in [0.25, 0.3) is 0 Å². The number of allylic oxidation sites excluding steroid dienone is 2. The van der Waals surface area contributed by atoms with Crippen LogP contribution in [0.5, 0.6) is 0 Å². The molecule has 4 atom stereocenters. The van der Waals surface area contributed by atoms with Gasteiger partial charge in [-0.2, -0.15) is 0 Å². The lowest BCUT2D eigenvalue weighted by Gasteiger charge is -2.16. The fourth-order valence-electron chi connectivity index (χ4n) is 4.10. The largest absolute Gasteiger partial charge is 0.355 e. The zero-order valence-electron chi connectivity index (χ0n) is 13.1. The fourth-order valence-corrected chi connectivity index (χ4v) is 4.10. The minimum Gasteiger partial charge on any atom is -0.355 e. The summed E-state index contributed by atoms with van der Waals surface area (Å²) < 4.78 is 0. The number of fused-ring (bicyclic) bond motifs is 5. The summed E-state index contributed by atoms with van der Waals surface area (Å²) >= 11 is 0. The van der Waals surface area contributed by atoms with Gasteiger partial charge in [-0.25, -0.2) is 0 Å². The van der Waals surface area contributed by atoms with Crippen molar-refractivity contribution in [1.29, 1.82) is 0 Å². The summed E-state index contributed by atoms with van der Waals surface area (Å²) in [4.78, 5) is 38.0. The normalized spacial score (nSPS) is 32.0. The summed E-state index contributed by atoms with van der Waals surface area (Å²) in [6, 6.07) is 0. The van der Waals surface area contributed by atoms with Crippen LogP contribution in [0.3, 0.4) is 0 Å². The smallest absolute Gasteiger partial charge is 0.240 e. The first-order valence-corrected chi connectivity index (χ1v) is 8.43. The lowest BCUT2D eigenvalue weighted by atomic mass is 9.85. The van der Waals surface area contributed by atoms with E-state index in [1.165, 1.54) is 4.90 Å². The Bertz CT molecular complexity index is 484. The zero-order chi connectivity index (χ0) is 15.7. The number of rotatable bonds is 7. The van der Waals surface area contributed by atoms with Gasteiger partial charge in [0.1, 0.15) is 6.54 Å². The molecule has 2 fully saturated rings. The third-order valence-corrected chi connectivity index (χ3v) is 5.22. The predicted molar refractivity (Wildman–Crippen MR) is 81.6 cm³/mol. The first-order chi connectivity index (χ1) is 10.6. The molecule has 5 nitrogen and oxygen atoms in total. The van der Waals surface area contributed by atoms with Crippen molar-refractivity contribution in [3.63, 3.8) is 0 Å². The fraction of sp³-hybridized carbons (Fsp3) is 0.706. The number of amides is 3. The number of hydrogen-bond donors (Lipinski definition) is 1. The molecule has 1 aliphatic heterocycles. The van der Waals surface area contributed by atoms with Gasteiger partial charge in [0, 0.05) is 6.54 Å². The molecule has 22 heavy (non-hydrogen) atoms. The first kappa shape index (κ1) is 15.3. The van der Waals surface area contributed by atoms with Gasteiger partial charge in [-0.05, 0) is 24.7 Å². The van der Waals surface area contributed by atoms with Gasteiger partial charge in [0.15, 0.2) is 0 Å². The average Bonchev–Trinajstić information content (AvgIpc) is 3.17. The summed E-state index contributed by atoms with van der Waals surface area (Å²) in [5.41, 5.74) is 0. The van der Waals surface area contributed by atoms with E-state index in [0.717, 1.165) is 32.1 Å². The predicted octanol–water partition coefficient (Wildman–Crippen LogP) is 1.49. The first-order valence-electron chi connectivity index (χ1n) is 8.43. The lowest BCUT2D eigenvalue weighted by Crippen LogP contribution is -2.42. The van der Waals surface area contributed by atoms with E-state index in [-0.39, 0.29) is 47.9 Å². The topological polar surface area (TPSA) is 66.5 Å². The Morgan fingerprint density at radius 1 is 1.14 bits per heavy atom. The number of nitrogens with zero attached hydrogens (tertiary/aromatic N) is 1. The van der Waals surface area contributed by atoms with Crippen LogP contribution in [0.2, 0.25) is 0 Å². The van der Waals surface area contributed by atoms with Crippen molar-refractivity contribution >= 4 is 17.7 Å². The molecule has 120 valence electrons. The minimum absolute atomic E-state index is 0.113. The van der Waals surface area contributed by atoms with Gasteiger partial charge in [0.2, 0.25) is 17.7 Å². The second-order valence-electron chi connectivity index (χ2n) is 6.67. The Morgan fingerprint density at radius 2 is 1.77 bits per heavy atom. The number of hydrogen-bond acceptors (Lipinski definition) is 3. The molecule has 0 aromatic rings. The number of imide groups is 1. The number of likely N-dealkylation sites (tertiary alicyclic amines) is 1. The second-order valence-corrected chi connectivity index (χ2v) is 6.67. The van der Waals surface area contributed by atoms with Gasteiger partial charge in [0.05, 0.1) is 11.8 Å². The van der Waals surface area contributed by atoms with Crippen LogP contribution in [0.1, 0.15) is 39.0 Å². The quantitative estimate of drug-likeness (QED) is 0.440. The van der Waals surface area contributed by atoms with Crippen molar-refractivity contribution in [3.05, 3.63) is 12.2 Å². The molecule has 2 bridgehead atoms. The summed E-state index contributed by atoms with van der Waals surface area (Å²) in [6.45, 7) is 2.65. The molecule has 0 spiro atoms. The van der Waals surface area contributed by atoms with E-state index in [4.69, 9.17) is 0 Å². The maximum atomic E-state index is 12.4. The molecule has 5 heteroatoms. The van der Waals surface area contributed by atoms with Crippen LogP contribution in [-0.4, -0.2) is 35.7 Å². The van der Waals surface area contributed by atoms with Crippen molar-refractivity contribution in [2.75, 3.05) is 13.1 Å². The Morgan fingerprint density at radius 3 is 2.36 bits per heavy atom. The van der Waals surface area contributed by atoms with E-state index in [0.29, 0.717) is 6.54 Å². The summed E-state index contributed by atoms with van der Waals surface area (Å²) in [5, 5.41) is 2.81. The highest BCUT2D eigenvalue weighted by Crippen LogP contribution is 2.52. The standard InChI is InChI=1S/C17H24N2O3/c1-2-3-4-5-8-18-13(20)10-19-16(21)14-11-6-7-12(9-11)15(14)17(19)22/h6-7,11-12,14-15H,2-5,8-10H2,1H3,(H,18,20). The van der Waals surface area contributed by atoms with Crippen LogP contribution in [0.15, 0.2) is 12.2 Å². The molecule has 3 rings (SSSR count). The maximum Gasteiger partial charge on any atom is 0.240 e. The van der Waals surface area contributed by atoms with E-state index >= 15 is 0 Å². The third-order valence-electron chi connectivity index (χ3n) is 5.22. The number of carbonyl (C=O) groups is 3. The van der Waals surface area contributed by atoms with Crippen LogP contribution in [0, 0.1) is 23.7 Å². The highest BCUT2D eigenvalue weighted by Gasteiger charge is 2.59. The Hall–Kier alpha value is -1.65. The van der Waals surface area contributed by atoms with Gasteiger partial charge in [-0.1, -0.05) is 38.3 Å². The van der Waals surface area contributed by atoms with Crippen molar-refractivity contribution in [2.24, 2.45) is 23.7 Å². The van der Waals surface area contributed by atoms with Gasteiger partial charge < -0.3 is 5.32 Å². The van der Waals surface area contributed by atoms with E-state index in [1.54, 1.807) is 0 Å². The van der Waals surface area contributed by atoms with Crippen LogP contribution >= 0.6 is 0 Å². The molecule has 1 saturated heterocycles. The third kappa shape index (κ3) is 2.57. The Labute approximate surface area is 131 Å². The van der Waals surface area contributed by atoms with Crippen LogP contribution < -0.4 is 5.32 Å². The molecule has 0 aromatic heterocycles. The molecule has 1 N–H and O–H groups in total. The minimum atomic E-state index is -0.224. The highest BCUT2D eigenvalue weighted by molar-refractivity contribution is 6.08. The average molecular weight is 304 g/mol. The molecule has 1 saturated carbocycles. The van der Waals surface area contributed by atoms with E-state index in [1.807, 2.05) is 0 Å². The second kappa shape index (κ2) is 6.23. The molecule has 3 aliphatic rings. The summed E-state index contributed by atoms with van der Waals surface area (Å²) in [6.07, 6.45) is 9.41. The molecule has 0 aromatic carbocycles. The molecule has 1 heterocycles. The van der Waals surface area contributed by atoms with Crippen LogP contribution in [0.4, 0.5) is 0 Å². The molecule has 3 amide bonds. The van der Waals surface area contributed by atoms with Crippen molar-refractivity contribution in [3.8, 4) is 0 Å². The molecular formula is C17H24N2O3. The Kier molecular flexibility index (Phi) is 4.32. The summed E-state index contributed by atoms with van der Waals surface area (Å²) in [7, 11) is 0. The maximum absolute atomic E-state index is 12.4. The van der Waals surface area contributed by atoms with E-state index < -0.39 is 0 Å². The van der Waals surface area contributed by atoms with Gasteiger partial charge in [-0.3, -0.25) is 19.3 Å². The summed E-state index contributed by atoms with van der Waals surface area (Å²) in [5.74, 6) is -0.527. The van der Waals surface area contributed by atoms with Gasteiger partial charge >= 0.3 is 0 Å². The van der Waals surface area contributed by atoms with E-state index in [2.05, 4.69) is 24.4 Å². The van der Waals surface area contributed by atoms with Gasteiger partial charge in [0.25, 0.3) is 0 Å². The molecule has 4 unspecified atom stereocenters. The van der Waals surface area contributed by atoms with E-state index in [9.17, 15) is 14.4 Å². The van der Waals surface area contributed by atoms with Crippen molar-refractivity contribution in [1.82, 2.24) is 10.2 Å². The van der Waals surface area contributed by atoms with Crippen molar-refractivity contribution < 1.29 is 14.4 Å². The number of nitrogens with one attached hydrogen (secondary N) is 1. The monoisotopic (exact) mass is 304 g/mol. The highest BCUT2D eigenvalue weighted by atomic mass is 16.2. The Balaban J connectivity index is 1.50. The molecule has 2 aliphatic carbocycles. The van der Waals surface area contributed by atoms with Gasteiger partial charge in [-0.15, -0.1) is 0 Å². The van der Waals surface area contributed by atoms with Crippen molar-refractivity contribution in [2.45, 2.75) is 39.0 Å². The zero-order valence-corrected chi connectivity index (χ0v) is 13.1. The van der Waals surface area contributed by atoms with Crippen LogP contribution in [-0.2, 0) is 14.4 Å². The SMILES string of the molecule is CCCCCCNC(=O)CN1C(=O)C2C3C=CC(C3)C2C1=O.